The number of carbonyl (C=O) groups is 3. The Morgan fingerprint density at radius 1 is 0.440 bits per heavy atom. The van der Waals surface area contributed by atoms with Crippen molar-refractivity contribution in [2.75, 3.05) is 105 Å². The molecule has 3 atom stereocenters. The first-order valence-electron chi connectivity index (χ1n) is 39.5. The second kappa shape index (κ2) is 40.2. The van der Waals surface area contributed by atoms with Gasteiger partial charge in [-0.05, 0) is 245 Å². The van der Waals surface area contributed by atoms with Crippen LogP contribution in [0.1, 0.15) is 175 Å². The number of nitrogens with one attached hydrogen (secondary N) is 5. The van der Waals surface area contributed by atoms with Crippen LogP contribution in [-0.4, -0.2) is 169 Å². The van der Waals surface area contributed by atoms with Crippen molar-refractivity contribution in [3.05, 3.63) is 193 Å². The van der Waals surface area contributed by atoms with Crippen LogP contribution in [0.4, 0.5) is 14.4 Å². The molecule has 4 aliphatic rings. The molecule has 3 amide bonds. The zero-order valence-corrected chi connectivity index (χ0v) is 67.1. The summed E-state index contributed by atoms with van der Waals surface area (Å²) in [5.41, 5.74) is 12.8. The van der Waals surface area contributed by atoms with E-state index in [-0.39, 0.29) is 60.8 Å². The topological polar surface area (TPSA) is 211 Å². The number of ether oxygens (including phenoxy) is 6. The molecule has 586 valence electrons. The van der Waals surface area contributed by atoms with E-state index in [0.29, 0.717) is 80.3 Å². The highest BCUT2D eigenvalue weighted by atomic mass is 35.5. The Hall–Kier alpha value is -8.14. The van der Waals surface area contributed by atoms with E-state index < -0.39 is 0 Å². The van der Waals surface area contributed by atoms with Crippen LogP contribution >= 0.6 is 34.8 Å². The normalized spacial score (nSPS) is 16.3. The van der Waals surface area contributed by atoms with Crippen molar-refractivity contribution in [3.8, 4) is 17.2 Å². The predicted octanol–water partition coefficient (Wildman–Crippen LogP) is 18.8. The van der Waals surface area contributed by atoms with Crippen molar-refractivity contribution in [1.29, 1.82) is 0 Å². The smallest absolute Gasteiger partial charge is 0.410 e. The fraction of sp³-hybridized carbons (Fsp3) is 0.483. The van der Waals surface area contributed by atoms with Crippen LogP contribution in [0.25, 0.3) is 32.7 Å². The number of benzene rings is 6. The molecule has 1 fully saturated rings. The molecule has 9 aromatic rings. The molecule has 22 heteroatoms. The Balaban J connectivity index is 0.000000162. The highest BCUT2D eigenvalue weighted by Gasteiger charge is 2.39. The molecule has 0 spiro atoms. The number of likely N-dealkylation sites (tertiary alicyclic amines) is 1. The Morgan fingerprint density at radius 2 is 0.780 bits per heavy atom. The molecule has 3 unspecified atom stereocenters. The van der Waals surface area contributed by atoms with E-state index in [1.165, 1.54) is 55.6 Å². The van der Waals surface area contributed by atoms with Gasteiger partial charge in [0.1, 0.15) is 35.4 Å². The number of fused-ring (bicyclic) bond motifs is 9. The number of rotatable bonds is 30. The summed E-state index contributed by atoms with van der Waals surface area (Å²) in [4.78, 5) is 58.2. The third-order valence-corrected chi connectivity index (χ3v) is 20.9. The van der Waals surface area contributed by atoms with Crippen LogP contribution in [0.2, 0.25) is 15.1 Å². The zero-order chi connectivity index (χ0) is 76.9. The zero-order valence-electron chi connectivity index (χ0n) is 64.8. The van der Waals surface area contributed by atoms with E-state index in [0.717, 1.165) is 155 Å². The van der Waals surface area contributed by atoms with E-state index in [9.17, 15) is 14.4 Å². The van der Waals surface area contributed by atoms with E-state index in [4.69, 9.17) is 68.3 Å². The Kier molecular flexibility index (Phi) is 30.2. The number of aliphatic hydroxyl groups excluding tert-OH is 1. The average Bonchev–Trinajstić information content (AvgIpc) is 1.62. The van der Waals surface area contributed by atoms with Crippen molar-refractivity contribution in [3.63, 3.8) is 0 Å². The molecule has 0 aliphatic carbocycles. The minimum atomic E-state index is -0.300. The van der Waals surface area contributed by atoms with Gasteiger partial charge in [-0.1, -0.05) is 127 Å². The fourth-order valence-corrected chi connectivity index (χ4v) is 15.3. The molecular formula is C87H112Cl3N9O10. The van der Waals surface area contributed by atoms with E-state index in [1.54, 1.807) is 0 Å². The van der Waals surface area contributed by atoms with Gasteiger partial charge in [0.15, 0.2) is 0 Å². The number of amides is 3. The number of aliphatic hydroxyl groups is 1. The van der Waals surface area contributed by atoms with Gasteiger partial charge in [0.05, 0.1) is 46.2 Å². The van der Waals surface area contributed by atoms with Crippen LogP contribution in [0, 0.1) is 17.8 Å². The van der Waals surface area contributed by atoms with Gasteiger partial charge in [-0.2, -0.15) is 0 Å². The molecule has 19 nitrogen and oxygen atoms in total. The highest BCUT2D eigenvalue weighted by Crippen LogP contribution is 2.44. The number of aromatic nitrogens is 3. The average molecular weight is 1550 g/mol. The minimum Gasteiger partial charge on any atom is -0.494 e. The Morgan fingerprint density at radius 3 is 1.11 bits per heavy atom. The third kappa shape index (κ3) is 22.1. The number of nitrogens with zero attached hydrogens (tertiary/aromatic N) is 4. The summed E-state index contributed by atoms with van der Waals surface area (Å²) in [6.45, 7) is 27.8. The monoisotopic (exact) mass is 1550 g/mol. The van der Waals surface area contributed by atoms with Crippen molar-refractivity contribution in [1.82, 2.24) is 45.2 Å². The van der Waals surface area contributed by atoms with Crippen LogP contribution in [0.3, 0.4) is 0 Å². The lowest BCUT2D eigenvalue weighted by Crippen LogP contribution is -2.41. The second-order valence-corrected chi connectivity index (χ2v) is 31.9. The Labute approximate surface area is 658 Å². The molecule has 7 heterocycles. The number of H-pyrrole nitrogens is 3. The first-order chi connectivity index (χ1) is 52.8. The van der Waals surface area contributed by atoms with Crippen LogP contribution in [0.5, 0.6) is 17.2 Å². The molecular weight excluding hydrogens is 1440 g/mol. The maximum Gasteiger partial charge on any atom is 0.410 e. The van der Waals surface area contributed by atoms with Gasteiger partial charge < -0.3 is 64.0 Å². The lowest BCUT2D eigenvalue weighted by atomic mass is 9.92. The summed E-state index contributed by atoms with van der Waals surface area (Å²) < 4.78 is 34.9. The molecule has 4 aliphatic heterocycles. The number of hydrogen-bond acceptors (Lipinski definition) is 13. The molecule has 0 bridgehead atoms. The molecule has 0 saturated carbocycles. The van der Waals surface area contributed by atoms with Crippen molar-refractivity contribution < 1.29 is 47.9 Å². The number of halogens is 3. The highest BCUT2D eigenvalue weighted by molar-refractivity contribution is 6.32. The number of aromatic amines is 3. The second-order valence-electron chi connectivity index (χ2n) is 30.6. The van der Waals surface area contributed by atoms with Crippen LogP contribution in [0.15, 0.2) is 127 Å². The summed E-state index contributed by atoms with van der Waals surface area (Å²) in [5, 5.41) is 20.9. The minimum absolute atomic E-state index is 0.157. The molecule has 1 saturated heterocycles. The first-order valence-corrected chi connectivity index (χ1v) is 40.6. The van der Waals surface area contributed by atoms with E-state index in [2.05, 4.69) is 68.6 Å². The molecule has 109 heavy (non-hydrogen) atoms. The van der Waals surface area contributed by atoms with E-state index >= 15 is 0 Å². The lowest BCUT2D eigenvalue weighted by molar-refractivity contribution is 0.0791. The number of hydrogen-bond donors (Lipinski definition) is 6. The van der Waals surface area contributed by atoms with Crippen molar-refractivity contribution in [2.45, 2.75) is 150 Å². The summed E-state index contributed by atoms with van der Waals surface area (Å²) in [7, 11) is 0. The van der Waals surface area contributed by atoms with Gasteiger partial charge in [0.25, 0.3) is 0 Å². The molecule has 3 aromatic heterocycles. The van der Waals surface area contributed by atoms with Gasteiger partial charge in [-0.15, -0.1) is 0 Å². The maximum atomic E-state index is 13.2. The molecule has 0 radical (unpaired) electrons. The standard InChI is InChI=1S/C30H38ClN3O3.C29H38ClN3O3.C28H36ClN3O4/c1-21(2)20-37-30(35)34-17-13-25-26-19-23(31)9-12-27(26)32-28(25)29(34)22-7-10-24(11-8-22)36-18-6-5-16-33-14-3-4-15-33;1-19(2)18-36-29(34)33-15-13-24-25-17-22(30)9-12-26(25)32-27(24)28(33)21-7-10-23(11-8-21)35-16-6-5-14-31-20(3)4;1-19(2)18-36-28(34)32-14-11-23-24-17-21(29)7-10-25(24)31-26(23)27(32)20-5-8-22(9-6-20)35-16-4-3-12-30-13-15-33/h7-12,19,21,29,32H,3-6,13-18,20H2,1-2H3;7-12,17,19-20,28,31-32H,5-6,13-16,18H2,1-4H3;5-10,17,19,27,30-31,33H,3-4,11-16,18H2,1-2H3. The van der Waals surface area contributed by atoms with Crippen LogP contribution in [-0.2, 0) is 33.5 Å². The van der Waals surface area contributed by atoms with Crippen molar-refractivity contribution >= 4 is 85.8 Å². The van der Waals surface area contributed by atoms with Gasteiger partial charge in [-0.25, -0.2) is 14.4 Å². The summed E-state index contributed by atoms with van der Waals surface area (Å²) in [6, 6.07) is 41.6. The molecule has 13 rings (SSSR count). The quantitative estimate of drug-likeness (QED) is 0.0183. The third-order valence-electron chi connectivity index (χ3n) is 20.2. The largest absolute Gasteiger partial charge is 0.494 e. The number of unbranched alkanes of at least 4 members (excludes halogenated alkanes) is 3. The molecule has 6 N–H and O–H groups in total. The summed E-state index contributed by atoms with van der Waals surface area (Å²) >= 11 is 18.9. The van der Waals surface area contributed by atoms with Crippen LogP contribution < -0.4 is 24.8 Å². The SMILES string of the molecule is CC(C)COC(=O)N1CCc2c([nH]c3ccc(Cl)cc23)C1c1ccc(OCCCCN2CCCC2)cc1.CC(C)COC(=O)N1CCc2c([nH]c3ccc(Cl)cc23)C1c1ccc(OCCCCNC(C)C)cc1.CC(C)COC(=O)N1CCc2c([nH]c3ccc(Cl)cc23)C1c1ccc(OCCCCNCCO)cc1. The summed E-state index contributed by atoms with van der Waals surface area (Å²) in [5.74, 6) is 3.33. The molecule has 6 aromatic carbocycles. The first kappa shape index (κ1) is 81.8. The van der Waals surface area contributed by atoms with Gasteiger partial charge in [0, 0.05) is 97.1 Å². The summed E-state index contributed by atoms with van der Waals surface area (Å²) in [6.07, 6.45) is 10.3. The lowest BCUT2D eigenvalue weighted by Gasteiger charge is -2.35. The maximum absolute atomic E-state index is 13.2. The van der Waals surface area contributed by atoms with E-state index in [1.807, 2.05) is 159 Å². The van der Waals surface area contributed by atoms with Gasteiger partial charge in [0.2, 0.25) is 0 Å². The predicted molar refractivity (Wildman–Crippen MR) is 438 cm³/mol. The van der Waals surface area contributed by atoms with Gasteiger partial charge >= 0.3 is 18.3 Å². The van der Waals surface area contributed by atoms with Gasteiger partial charge in [-0.3, -0.25) is 14.7 Å². The fourth-order valence-electron chi connectivity index (χ4n) is 14.8. The Bertz CT molecular complexity index is 4380. The number of carbonyl (C=O) groups excluding carboxylic acids is 3. The van der Waals surface area contributed by atoms with Crippen molar-refractivity contribution in [2.24, 2.45) is 17.8 Å².